The molecule has 5 nitrogen and oxygen atoms in total. The minimum Gasteiger partial charge on any atom is -0.396 e. The molecule has 0 saturated heterocycles. The fourth-order valence-corrected chi connectivity index (χ4v) is 2.47. The number of nitrogens with one attached hydrogen (secondary N) is 1. The summed E-state index contributed by atoms with van der Waals surface area (Å²) in [5.41, 5.74) is 0.649. The number of nitrogens with zero attached hydrogens (tertiary/aromatic N) is 1. The number of hydrogen-bond acceptors (Lipinski definition) is 4. The molecule has 106 valence electrons. The van der Waals surface area contributed by atoms with Gasteiger partial charge in [0.05, 0.1) is 4.92 Å². The lowest BCUT2D eigenvalue weighted by Gasteiger charge is -2.16. The van der Waals surface area contributed by atoms with E-state index in [0.29, 0.717) is 18.2 Å². The van der Waals surface area contributed by atoms with Crippen LogP contribution < -0.4 is 5.32 Å². The van der Waals surface area contributed by atoms with Crippen molar-refractivity contribution in [3.63, 3.8) is 0 Å². The van der Waals surface area contributed by atoms with Crippen LogP contribution in [0, 0.1) is 19.6 Å². The van der Waals surface area contributed by atoms with Crippen LogP contribution in [-0.2, 0) is 0 Å². The number of aliphatic hydroxyl groups is 1. The van der Waals surface area contributed by atoms with Gasteiger partial charge in [0, 0.05) is 22.8 Å². The lowest BCUT2D eigenvalue weighted by atomic mass is 10.00. The summed E-state index contributed by atoms with van der Waals surface area (Å²) in [5.74, 6) is 0.342. The second-order valence-corrected chi connectivity index (χ2v) is 5.71. The molecular weight excluding hydrogens is 359 g/mol. The van der Waals surface area contributed by atoms with Gasteiger partial charge in [-0.3, -0.25) is 10.1 Å². The van der Waals surface area contributed by atoms with E-state index < -0.39 is 0 Å². The molecule has 1 rings (SSSR count). The van der Waals surface area contributed by atoms with E-state index in [4.69, 9.17) is 5.11 Å². The number of nitro groups is 1. The second kappa shape index (κ2) is 8.31. The molecule has 0 spiro atoms. The van der Waals surface area contributed by atoms with Crippen LogP contribution >= 0.6 is 22.6 Å². The van der Waals surface area contributed by atoms with E-state index in [1.165, 1.54) is 0 Å². The summed E-state index contributed by atoms with van der Waals surface area (Å²) in [5, 5.41) is 23.1. The minimum absolute atomic E-state index is 0.103. The Morgan fingerprint density at radius 2 is 2.21 bits per heavy atom. The largest absolute Gasteiger partial charge is 0.396 e. The van der Waals surface area contributed by atoms with Crippen LogP contribution in [0.3, 0.4) is 0 Å². The number of benzene rings is 1. The van der Waals surface area contributed by atoms with Gasteiger partial charge in [0.1, 0.15) is 5.69 Å². The fraction of sp³-hybridized carbons (Fsp3) is 0.538. The van der Waals surface area contributed by atoms with Crippen LogP contribution in [0.4, 0.5) is 11.4 Å². The predicted molar refractivity (Wildman–Crippen MR) is 84.4 cm³/mol. The molecule has 0 aromatic heterocycles. The third-order valence-electron chi connectivity index (χ3n) is 2.97. The van der Waals surface area contributed by atoms with Crippen molar-refractivity contribution in [2.75, 3.05) is 18.5 Å². The van der Waals surface area contributed by atoms with Crippen LogP contribution in [0.5, 0.6) is 0 Å². The molecule has 0 fully saturated rings. The van der Waals surface area contributed by atoms with Crippen LogP contribution in [0.15, 0.2) is 18.2 Å². The summed E-state index contributed by atoms with van der Waals surface area (Å²) in [6, 6.07) is 5.14. The highest BCUT2D eigenvalue weighted by molar-refractivity contribution is 14.1. The molecule has 1 aromatic rings. The van der Waals surface area contributed by atoms with E-state index in [1.807, 2.05) is 6.07 Å². The molecule has 0 amide bonds. The van der Waals surface area contributed by atoms with Crippen molar-refractivity contribution >= 4 is 34.0 Å². The second-order valence-electron chi connectivity index (χ2n) is 4.47. The first-order valence-electron chi connectivity index (χ1n) is 6.37. The van der Waals surface area contributed by atoms with Gasteiger partial charge in [0.25, 0.3) is 5.69 Å². The monoisotopic (exact) mass is 378 g/mol. The molecule has 1 aromatic carbocycles. The topological polar surface area (TPSA) is 75.4 Å². The van der Waals surface area contributed by atoms with Crippen LogP contribution in [-0.4, -0.2) is 23.2 Å². The first kappa shape index (κ1) is 16.2. The SMILES string of the molecule is CCCC(CCO)CNc1ccc(I)cc1[N+](=O)[O-]. The standard InChI is InChI=1S/C13H19IN2O3/c1-2-3-10(6-7-17)9-15-12-5-4-11(14)8-13(12)16(18)19/h4-5,8,10,15,17H,2-3,6-7,9H2,1H3. The maximum atomic E-state index is 11.0. The van der Waals surface area contributed by atoms with Gasteiger partial charge in [-0.05, 0) is 53.5 Å². The minimum atomic E-state index is -0.370. The molecule has 0 heterocycles. The van der Waals surface area contributed by atoms with E-state index in [9.17, 15) is 10.1 Å². The van der Waals surface area contributed by atoms with E-state index in [2.05, 4.69) is 34.8 Å². The maximum absolute atomic E-state index is 11.0. The van der Waals surface area contributed by atoms with Crippen LogP contribution in [0.1, 0.15) is 26.2 Å². The number of rotatable bonds is 8. The Hall–Kier alpha value is -0.890. The van der Waals surface area contributed by atoms with Crippen molar-refractivity contribution in [3.05, 3.63) is 31.9 Å². The Balaban J connectivity index is 2.73. The molecule has 0 aliphatic rings. The summed E-state index contributed by atoms with van der Waals surface area (Å²) in [4.78, 5) is 10.6. The summed E-state index contributed by atoms with van der Waals surface area (Å²) >= 11 is 2.06. The van der Waals surface area contributed by atoms with Crippen molar-refractivity contribution in [1.29, 1.82) is 0 Å². The van der Waals surface area contributed by atoms with Gasteiger partial charge in [0.2, 0.25) is 0 Å². The highest BCUT2D eigenvalue weighted by atomic mass is 127. The van der Waals surface area contributed by atoms with Crippen molar-refractivity contribution in [2.24, 2.45) is 5.92 Å². The van der Waals surface area contributed by atoms with Gasteiger partial charge < -0.3 is 10.4 Å². The van der Waals surface area contributed by atoms with Crippen molar-refractivity contribution in [1.82, 2.24) is 0 Å². The van der Waals surface area contributed by atoms with E-state index in [0.717, 1.165) is 22.8 Å². The van der Waals surface area contributed by atoms with E-state index in [-0.39, 0.29) is 17.2 Å². The lowest BCUT2D eigenvalue weighted by Crippen LogP contribution is -2.16. The number of aliphatic hydroxyl groups excluding tert-OH is 1. The average Bonchev–Trinajstić information content (AvgIpc) is 2.37. The van der Waals surface area contributed by atoms with Crippen molar-refractivity contribution in [3.8, 4) is 0 Å². The van der Waals surface area contributed by atoms with Crippen LogP contribution in [0.25, 0.3) is 0 Å². The van der Waals surface area contributed by atoms with Crippen molar-refractivity contribution in [2.45, 2.75) is 26.2 Å². The van der Waals surface area contributed by atoms with Gasteiger partial charge in [0.15, 0.2) is 0 Å². The Labute approximate surface area is 126 Å². The Morgan fingerprint density at radius 3 is 2.79 bits per heavy atom. The highest BCUT2D eigenvalue weighted by Crippen LogP contribution is 2.27. The molecular formula is C13H19IN2O3. The predicted octanol–water partition coefficient (Wildman–Crippen LogP) is 3.41. The normalized spacial score (nSPS) is 12.2. The third-order valence-corrected chi connectivity index (χ3v) is 3.64. The fourth-order valence-electron chi connectivity index (χ4n) is 2.00. The zero-order valence-corrected chi connectivity index (χ0v) is 13.1. The Kier molecular flexibility index (Phi) is 7.07. The summed E-state index contributed by atoms with van der Waals surface area (Å²) in [6.45, 7) is 2.90. The number of nitro benzene ring substituents is 1. The molecule has 19 heavy (non-hydrogen) atoms. The first-order chi connectivity index (χ1) is 9.08. The van der Waals surface area contributed by atoms with Gasteiger partial charge >= 0.3 is 0 Å². The molecule has 0 saturated carbocycles. The zero-order chi connectivity index (χ0) is 14.3. The average molecular weight is 378 g/mol. The van der Waals surface area contributed by atoms with E-state index in [1.54, 1.807) is 12.1 Å². The van der Waals surface area contributed by atoms with E-state index >= 15 is 0 Å². The summed E-state index contributed by atoms with van der Waals surface area (Å²) in [6.07, 6.45) is 2.77. The molecule has 0 bridgehead atoms. The van der Waals surface area contributed by atoms with Gasteiger partial charge in [-0.15, -0.1) is 0 Å². The molecule has 0 aliphatic heterocycles. The molecule has 0 radical (unpaired) electrons. The molecule has 1 unspecified atom stereocenters. The molecule has 6 heteroatoms. The maximum Gasteiger partial charge on any atom is 0.293 e. The Bertz CT molecular complexity index is 420. The van der Waals surface area contributed by atoms with Gasteiger partial charge in [-0.25, -0.2) is 0 Å². The first-order valence-corrected chi connectivity index (χ1v) is 7.45. The van der Waals surface area contributed by atoms with Gasteiger partial charge in [-0.2, -0.15) is 0 Å². The summed E-state index contributed by atoms with van der Waals surface area (Å²) < 4.78 is 0.843. The highest BCUT2D eigenvalue weighted by Gasteiger charge is 2.15. The molecule has 1 atom stereocenters. The summed E-state index contributed by atoms with van der Waals surface area (Å²) in [7, 11) is 0. The number of anilines is 1. The zero-order valence-electron chi connectivity index (χ0n) is 10.9. The quantitative estimate of drug-likeness (QED) is 0.413. The lowest BCUT2D eigenvalue weighted by molar-refractivity contribution is -0.384. The van der Waals surface area contributed by atoms with Crippen LogP contribution in [0.2, 0.25) is 0 Å². The van der Waals surface area contributed by atoms with Crippen molar-refractivity contribution < 1.29 is 10.0 Å². The van der Waals surface area contributed by atoms with Gasteiger partial charge in [-0.1, -0.05) is 13.3 Å². The number of hydrogen-bond donors (Lipinski definition) is 2. The smallest absolute Gasteiger partial charge is 0.293 e. The molecule has 2 N–H and O–H groups in total. The molecule has 0 aliphatic carbocycles. The Morgan fingerprint density at radius 1 is 1.47 bits per heavy atom. The third kappa shape index (κ3) is 5.32. The number of halogens is 1.